The zero-order valence-electron chi connectivity index (χ0n) is 7.69. The third-order valence-corrected chi connectivity index (χ3v) is 3.67. The summed E-state index contributed by atoms with van der Waals surface area (Å²) in [5.41, 5.74) is 6.16. The fraction of sp³-hybridized carbons (Fsp3) is 0.333. The topological polar surface area (TPSA) is 38.0 Å². The molecule has 0 unspecified atom stereocenters. The van der Waals surface area contributed by atoms with Crippen LogP contribution in [-0.4, -0.2) is 13.1 Å². The molecule has 1 aliphatic rings. The van der Waals surface area contributed by atoms with Gasteiger partial charge in [0.25, 0.3) is 0 Å². The summed E-state index contributed by atoms with van der Waals surface area (Å²) in [5, 5.41) is 3.54. The van der Waals surface area contributed by atoms with Gasteiger partial charge in [0.05, 0.1) is 10.6 Å². The van der Waals surface area contributed by atoms with E-state index >= 15 is 0 Å². The molecular weight excluding hydrogens is 306 g/mol. The molecule has 84 valence electrons. The molecule has 0 bridgehead atoms. The van der Waals surface area contributed by atoms with Gasteiger partial charge in [-0.1, -0.05) is 11.6 Å². The first-order valence-corrected chi connectivity index (χ1v) is 5.35. The van der Waals surface area contributed by atoms with Gasteiger partial charge in [0.2, 0.25) is 0 Å². The monoisotopic (exact) mass is 314 g/mol. The van der Waals surface area contributed by atoms with Gasteiger partial charge in [0.1, 0.15) is 5.82 Å². The van der Waals surface area contributed by atoms with Crippen LogP contribution in [0.3, 0.4) is 0 Å². The van der Waals surface area contributed by atoms with Crippen LogP contribution in [0.2, 0.25) is 5.02 Å². The Balaban J connectivity index is 0.00000112. The van der Waals surface area contributed by atoms with Crippen molar-refractivity contribution in [1.29, 1.82) is 0 Å². The zero-order chi connectivity index (χ0) is 10.3. The first kappa shape index (κ1) is 13.2. The van der Waals surface area contributed by atoms with Crippen LogP contribution in [0.1, 0.15) is 5.56 Å². The largest absolute Gasteiger partial charge is 0.319 e. The average Bonchev–Trinajstić information content (AvgIpc) is 2.07. The van der Waals surface area contributed by atoms with Gasteiger partial charge in [-0.15, -0.1) is 12.4 Å². The lowest BCUT2D eigenvalue weighted by Crippen LogP contribution is -2.62. The van der Waals surface area contributed by atoms with Crippen LogP contribution in [0, 0.1) is 5.82 Å². The maximum absolute atomic E-state index is 13.1. The van der Waals surface area contributed by atoms with Crippen LogP contribution in [0.4, 0.5) is 4.39 Å². The Kier molecular flexibility index (Phi) is 4.01. The molecule has 0 aliphatic carbocycles. The summed E-state index contributed by atoms with van der Waals surface area (Å²) < 4.78 is 13.7. The van der Waals surface area contributed by atoms with Gasteiger partial charge in [0, 0.05) is 17.6 Å². The van der Waals surface area contributed by atoms with Gasteiger partial charge in [-0.3, -0.25) is 0 Å². The molecule has 0 saturated carbocycles. The van der Waals surface area contributed by atoms with Crippen molar-refractivity contribution in [1.82, 2.24) is 5.32 Å². The number of rotatable bonds is 1. The molecule has 1 aliphatic heterocycles. The summed E-state index contributed by atoms with van der Waals surface area (Å²) >= 11 is 9.24. The summed E-state index contributed by atoms with van der Waals surface area (Å²) in [6, 6.07) is 2.73. The summed E-state index contributed by atoms with van der Waals surface area (Å²) in [4.78, 5) is 0. The Morgan fingerprint density at radius 3 is 2.53 bits per heavy atom. The molecule has 3 N–H and O–H groups in total. The van der Waals surface area contributed by atoms with E-state index in [9.17, 15) is 4.39 Å². The van der Waals surface area contributed by atoms with E-state index in [0.717, 1.165) is 0 Å². The van der Waals surface area contributed by atoms with E-state index in [1.54, 1.807) is 0 Å². The lowest BCUT2D eigenvalue weighted by atomic mass is 9.85. The first-order chi connectivity index (χ1) is 6.53. The molecule has 1 fully saturated rings. The molecule has 15 heavy (non-hydrogen) atoms. The lowest BCUT2D eigenvalue weighted by molar-refractivity contribution is 0.286. The third kappa shape index (κ3) is 2.29. The average molecular weight is 316 g/mol. The van der Waals surface area contributed by atoms with Crippen LogP contribution >= 0.6 is 39.9 Å². The number of hydrogen-bond donors (Lipinski definition) is 2. The lowest BCUT2D eigenvalue weighted by Gasteiger charge is -2.40. The van der Waals surface area contributed by atoms with Crippen molar-refractivity contribution in [3.8, 4) is 0 Å². The smallest absolute Gasteiger partial charge is 0.124 e. The van der Waals surface area contributed by atoms with Gasteiger partial charge in [-0.05, 0) is 33.6 Å². The number of hydrogen-bond acceptors (Lipinski definition) is 2. The Bertz CT molecular complexity index is 383. The Morgan fingerprint density at radius 1 is 1.47 bits per heavy atom. The van der Waals surface area contributed by atoms with Crippen molar-refractivity contribution in [3.63, 3.8) is 0 Å². The molecule has 1 saturated heterocycles. The minimum absolute atomic E-state index is 0. The Morgan fingerprint density at radius 2 is 2.07 bits per heavy atom. The van der Waals surface area contributed by atoms with E-state index in [1.165, 1.54) is 12.1 Å². The van der Waals surface area contributed by atoms with Gasteiger partial charge in [-0.25, -0.2) is 4.39 Å². The number of nitrogens with two attached hydrogens (primary N) is 1. The molecule has 0 spiro atoms. The highest BCUT2D eigenvalue weighted by molar-refractivity contribution is 9.10. The van der Waals surface area contributed by atoms with Gasteiger partial charge >= 0.3 is 0 Å². The van der Waals surface area contributed by atoms with Crippen molar-refractivity contribution < 1.29 is 4.39 Å². The predicted molar refractivity (Wildman–Crippen MR) is 65.1 cm³/mol. The van der Waals surface area contributed by atoms with E-state index in [0.29, 0.717) is 28.1 Å². The summed E-state index contributed by atoms with van der Waals surface area (Å²) in [6.45, 7) is 1.26. The highest BCUT2D eigenvalue weighted by Gasteiger charge is 2.36. The molecule has 2 nitrogen and oxygen atoms in total. The second-order valence-corrected chi connectivity index (χ2v) is 4.74. The highest BCUT2D eigenvalue weighted by atomic mass is 79.9. The standard InChI is InChI=1S/C9H9BrClFN2.ClH/c10-7-2-5(12)1-6(8(7)11)9(13)3-14-4-9;/h1-2,14H,3-4,13H2;1H. The van der Waals surface area contributed by atoms with Crippen LogP contribution in [0.15, 0.2) is 16.6 Å². The molecule has 1 aromatic rings. The van der Waals surface area contributed by atoms with Crippen LogP contribution in [-0.2, 0) is 5.54 Å². The molecule has 0 radical (unpaired) electrons. The predicted octanol–water partition coefficient (Wildman–Crippen LogP) is 2.42. The maximum atomic E-state index is 13.1. The maximum Gasteiger partial charge on any atom is 0.124 e. The van der Waals surface area contributed by atoms with E-state index in [4.69, 9.17) is 17.3 Å². The molecule has 1 aromatic carbocycles. The molecule has 0 amide bonds. The van der Waals surface area contributed by atoms with E-state index in [2.05, 4.69) is 21.2 Å². The number of halogens is 4. The Hall–Kier alpha value is 0.130. The quantitative estimate of drug-likeness (QED) is 0.781. The molecule has 1 heterocycles. The SMILES string of the molecule is Cl.NC1(c2cc(F)cc(Br)c2Cl)CNC1. The number of nitrogens with one attached hydrogen (secondary N) is 1. The van der Waals surface area contributed by atoms with Crippen molar-refractivity contribution in [2.75, 3.05) is 13.1 Å². The zero-order valence-corrected chi connectivity index (χ0v) is 10.8. The first-order valence-electron chi connectivity index (χ1n) is 4.17. The van der Waals surface area contributed by atoms with Gasteiger partial charge < -0.3 is 11.1 Å². The molecule has 0 atom stereocenters. The molecule has 6 heteroatoms. The summed E-state index contributed by atoms with van der Waals surface area (Å²) in [6.07, 6.45) is 0. The van der Waals surface area contributed by atoms with Crippen molar-refractivity contribution in [3.05, 3.63) is 33.0 Å². The number of benzene rings is 1. The van der Waals surface area contributed by atoms with Crippen LogP contribution < -0.4 is 11.1 Å². The Labute approximate surface area is 107 Å². The fourth-order valence-corrected chi connectivity index (χ4v) is 2.23. The van der Waals surface area contributed by atoms with Crippen molar-refractivity contribution in [2.24, 2.45) is 5.73 Å². The van der Waals surface area contributed by atoms with Crippen molar-refractivity contribution in [2.45, 2.75) is 5.54 Å². The van der Waals surface area contributed by atoms with Crippen molar-refractivity contribution >= 4 is 39.9 Å². The summed E-state index contributed by atoms with van der Waals surface area (Å²) in [7, 11) is 0. The minimum atomic E-state index is -0.526. The van der Waals surface area contributed by atoms with Gasteiger partial charge in [0.15, 0.2) is 0 Å². The molecule has 0 aromatic heterocycles. The van der Waals surface area contributed by atoms with E-state index in [1.807, 2.05) is 0 Å². The normalized spacial score (nSPS) is 17.9. The molecule has 2 rings (SSSR count). The second kappa shape index (κ2) is 4.55. The van der Waals surface area contributed by atoms with E-state index in [-0.39, 0.29) is 18.2 Å². The van der Waals surface area contributed by atoms with Crippen LogP contribution in [0.25, 0.3) is 0 Å². The summed E-state index contributed by atoms with van der Waals surface area (Å²) in [5.74, 6) is -0.326. The molecular formula is C9H10BrCl2FN2. The third-order valence-electron chi connectivity index (χ3n) is 2.41. The highest BCUT2D eigenvalue weighted by Crippen LogP contribution is 2.35. The van der Waals surface area contributed by atoms with Gasteiger partial charge in [-0.2, -0.15) is 0 Å². The second-order valence-electron chi connectivity index (χ2n) is 3.51. The minimum Gasteiger partial charge on any atom is -0.319 e. The van der Waals surface area contributed by atoms with Crippen LogP contribution in [0.5, 0.6) is 0 Å². The fourth-order valence-electron chi connectivity index (χ4n) is 1.50. The van der Waals surface area contributed by atoms with E-state index < -0.39 is 5.54 Å².